The molecular weight excluding hydrogens is 219 g/mol. The van der Waals surface area contributed by atoms with Gasteiger partial charge in [-0.15, -0.1) is 0 Å². The van der Waals surface area contributed by atoms with Crippen LogP contribution in [-0.2, 0) is 14.9 Å². The van der Waals surface area contributed by atoms with E-state index in [0.29, 0.717) is 6.42 Å². The van der Waals surface area contributed by atoms with Crippen molar-refractivity contribution < 1.29 is 52.4 Å². The van der Waals surface area contributed by atoms with Crippen LogP contribution in [0.5, 0.6) is 0 Å². The molecule has 0 saturated carbocycles. The number of hydrogen-bond donors (Lipinski definition) is 1. The molecule has 14 heavy (non-hydrogen) atoms. The Labute approximate surface area is 105 Å². The van der Waals surface area contributed by atoms with Gasteiger partial charge in [-0.25, -0.2) is 0 Å². The number of rotatable bonds is 5. The molecule has 0 rings (SSSR count). The standard InChI is InChI=1S/C7H12O5S.Na/c1-3-4-6(13(10,11)12)5(2)7(8)9;/h6H,2-4H2,1H3,(H,8,9)(H,10,11,12);/q;+1/p-1. The molecule has 76 valence electrons. The van der Waals surface area contributed by atoms with Gasteiger partial charge in [-0.3, -0.25) is 4.55 Å². The van der Waals surface area contributed by atoms with E-state index in [9.17, 15) is 18.3 Å². The Morgan fingerprint density at radius 2 is 2.00 bits per heavy atom. The Kier molecular flexibility index (Phi) is 7.77. The van der Waals surface area contributed by atoms with Crippen LogP contribution in [0.3, 0.4) is 0 Å². The minimum atomic E-state index is -4.39. The second-order valence-corrected chi connectivity index (χ2v) is 4.20. The molecule has 0 spiro atoms. The first-order valence-corrected chi connectivity index (χ1v) is 5.17. The zero-order valence-electron chi connectivity index (χ0n) is 8.19. The average Bonchev–Trinajstić information content (AvgIpc) is 1.96. The Morgan fingerprint density at radius 1 is 1.57 bits per heavy atom. The predicted octanol–water partition coefficient (Wildman–Crippen LogP) is -3.65. The topological polar surface area (TPSA) is 94.5 Å². The fraction of sp³-hybridized carbons (Fsp3) is 0.571. The summed E-state index contributed by atoms with van der Waals surface area (Å²) >= 11 is 0. The number of carbonyl (C=O) groups excluding carboxylic acids is 1. The van der Waals surface area contributed by atoms with Crippen molar-refractivity contribution in [3.63, 3.8) is 0 Å². The second-order valence-electron chi connectivity index (χ2n) is 2.60. The van der Waals surface area contributed by atoms with Crippen LogP contribution >= 0.6 is 0 Å². The summed E-state index contributed by atoms with van der Waals surface area (Å²) in [5.74, 6) is -1.66. The largest absolute Gasteiger partial charge is 1.00 e. The van der Waals surface area contributed by atoms with Crippen LogP contribution in [0.15, 0.2) is 12.2 Å². The predicted molar refractivity (Wildman–Crippen MR) is 44.4 cm³/mol. The molecule has 0 aliphatic carbocycles. The van der Waals surface area contributed by atoms with Crippen molar-refractivity contribution in [3.05, 3.63) is 12.2 Å². The van der Waals surface area contributed by atoms with E-state index in [-0.39, 0.29) is 36.0 Å². The van der Waals surface area contributed by atoms with E-state index >= 15 is 0 Å². The zero-order chi connectivity index (χ0) is 10.6. The molecule has 5 nitrogen and oxygen atoms in total. The van der Waals surface area contributed by atoms with E-state index < -0.39 is 26.9 Å². The summed E-state index contributed by atoms with van der Waals surface area (Å²) in [5, 5.41) is 8.82. The summed E-state index contributed by atoms with van der Waals surface area (Å²) in [6, 6.07) is 0. The van der Waals surface area contributed by atoms with Gasteiger partial charge in [-0.05, 0) is 12.0 Å². The molecule has 0 aliphatic rings. The minimum absolute atomic E-state index is 0. The molecule has 1 atom stereocenters. The van der Waals surface area contributed by atoms with Crippen LogP contribution < -0.4 is 34.7 Å². The molecule has 0 aromatic heterocycles. The monoisotopic (exact) mass is 230 g/mol. The van der Waals surface area contributed by atoms with E-state index in [4.69, 9.17) is 4.55 Å². The van der Waals surface area contributed by atoms with Gasteiger partial charge in [-0.2, -0.15) is 8.42 Å². The number of carboxylic acid groups (broad SMARTS) is 1. The number of aliphatic carboxylic acids is 1. The van der Waals surface area contributed by atoms with E-state index in [0.717, 1.165) is 0 Å². The molecule has 0 aromatic rings. The molecular formula is C7H11NaO5S. The first kappa shape index (κ1) is 16.5. The smallest absolute Gasteiger partial charge is 0.545 e. The summed E-state index contributed by atoms with van der Waals surface area (Å²) < 4.78 is 30.0. The summed E-state index contributed by atoms with van der Waals surface area (Å²) in [6.45, 7) is 4.71. The molecule has 7 heteroatoms. The van der Waals surface area contributed by atoms with Crippen LogP contribution in [0.4, 0.5) is 0 Å². The summed E-state index contributed by atoms with van der Waals surface area (Å²) in [4.78, 5) is 10.3. The zero-order valence-corrected chi connectivity index (χ0v) is 11.0. The molecule has 0 aliphatic heterocycles. The van der Waals surface area contributed by atoms with Gasteiger partial charge in [0.1, 0.15) is 5.25 Å². The summed E-state index contributed by atoms with van der Waals surface area (Å²) in [7, 11) is -4.39. The molecule has 0 saturated heterocycles. The van der Waals surface area contributed by atoms with Gasteiger partial charge < -0.3 is 9.90 Å². The third kappa shape index (κ3) is 5.11. The Bertz CT molecular complexity index is 308. The first-order chi connectivity index (χ1) is 5.80. The van der Waals surface area contributed by atoms with Crippen LogP contribution in [0.25, 0.3) is 0 Å². The fourth-order valence-electron chi connectivity index (χ4n) is 0.897. The van der Waals surface area contributed by atoms with Gasteiger partial charge >= 0.3 is 29.6 Å². The average molecular weight is 230 g/mol. The van der Waals surface area contributed by atoms with E-state index in [1.807, 2.05) is 0 Å². The molecule has 0 fully saturated rings. The molecule has 1 unspecified atom stereocenters. The third-order valence-corrected chi connectivity index (χ3v) is 2.80. The fourth-order valence-corrected chi connectivity index (χ4v) is 1.89. The van der Waals surface area contributed by atoms with E-state index in [2.05, 4.69) is 6.58 Å². The van der Waals surface area contributed by atoms with Gasteiger partial charge in [0.15, 0.2) is 0 Å². The minimum Gasteiger partial charge on any atom is -0.545 e. The SMILES string of the molecule is C=C(C(=O)[O-])C(CCC)S(=O)(=O)O.[Na+]. The van der Waals surface area contributed by atoms with Gasteiger partial charge in [0.05, 0.1) is 5.97 Å². The third-order valence-electron chi connectivity index (χ3n) is 1.56. The molecule has 0 aromatic carbocycles. The molecule has 1 N–H and O–H groups in total. The van der Waals surface area contributed by atoms with Crippen molar-refractivity contribution in [2.45, 2.75) is 25.0 Å². The number of carbonyl (C=O) groups is 1. The van der Waals surface area contributed by atoms with Crippen LogP contribution in [-0.4, -0.2) is 24.2 Å². The van der Waals surface area contributed by atoms with Gasteiger partial charge in [0.25, 0.3) is 10.1 Å². The number of hydrogen-bond acceptors (Lipinski definition) is 4. The Hall–Kier alpha value is 0.120. The van der Waals surface area contributed by atoms with Crippen LogP contribution in [0.1, 0.15) is 19.8 Å². The molecule has 0 bridgehead atoms. The van der Waals surface area contributed by atoms with Crippen molar-refractivity contribution in [2.75, 3.05) is 0 Å². The van der Waals surface area contributed by atoms with Gasteiger partial charge in [0, 0.05) is 0 Å². The maximum Gasteiger partial charge on any atom is 1.00 e. The summed E-state index contributed by atoms with van der Waals surface area (Å²) in [6.07, 6.45) is 0.447. The first-order valence-electron chi connectivity index (χ1n) is 3.67. The van der Waals surface area contributed by atoms with Gasteiger partial charge in [0.2, 0.25) is 0 Å². The second kappa shape index (κ2) is 6.58. The summed E-state index contributed by atoms with van der Waals surface area (Å²) in [5.41, 5.74) is -0.607. The van der Waals surface area contributed by atoms with Crippen molar-refractivity contribution >= 4 is 16.1 Å². The van der Waals surface area contributed by atoms with Crippen molar-refractivity contribution in [3.8, 4) is 0 Å². The van der Waals surface area contributed by atoms with Crippen LogP contribution in [0.2, 0.25) is 0 Å². The van der Waals surface area contributed by atoms with Crippen LogP contribution in [0, 0.1) is 0 Å². The molecule has 0 amide bonds. The normalized spacial score (nSPS) is 12.7. The maximum absolute atomic E-state index is 10.7. The molecule has 0 heterocycles. The van der Waals surface area contributed by atoms with E-state index in [1.54, 1.807) is 6.92 Å². The van der Waals surface area contributed by atoms with E-state index in [1.165, 1.54) is 0 Å². The maximum atomic E-state index is 10.7. The van der Waals surface area contributed by atoms with Crippen molar-refractivity contribution in [1.82, 2.24) is 0 Å². The number of carboxylic acids is 1. The van der Waals surface area contributed by atoms with Crippen molar-refractivity contribution in [2.24, 2.45) is 0 Å². The van der Waals surface area contributed by atoms with Crippen molar-refractivity contribution in [1.29, 1.82) is 0 Å². The van der Waals surface area contributed by atoms with Gasteiger partial charge in [-0.1, -0.05) is 19.9 Å². The molecule has 0 radical (unpaired) electrons. The Morgan fingerprint density at radius 3 is 2.21 bits per heavy atom. The quantitative estimate of drug-likeness (QED) is 0.298. The Balaban J connectivity index is 0.